The Labute approximate surface area is 110 Å². The summed E-state index contributed by atoms with van der Waals surface area (Å²) in [5.74, 6) is 1.94. The van der Waals surface area contributed by atoms with Crippen LogP contribution in [-0.4, -0.2) is 11.2 Å². The van der Waals surface area contributed by atoms with Crippen LogP contribution in [0.15, 0.2) is 33.7 Å². The highest BCUT2D eigenvalue weighted by atomic mass is 32.2. The monoisotopic (exact) mass is 258 g/mol. The summed E-state index contributed by atoms with van der Waals surface area (Å²) in [6.07, 6.45) is 2.61. The number of rotatable bonds is 3. The highest BCUT2D eigenvalue weighted by Crippen LogP contribution is 2.42. The van der Waals surface area contributed by atoms with E-state index in [0.29, 0.717) is 6.04 Å². The zero-order valence-corrected chi connectivity index (χ0v) is 10.8. The van der Waals surface area contributed by atoms with Crippen molar-refractivity contribution in [3.05, 3.63) is 35.5 Å². The first-order valence-corrected chi connectivity index (χ1v) is 7.33. The van der Waals surface area contributed by atoms with Crippen LogP contribution in [0.1, 0.15) is 24.1 Å². The molecule has 92 valence electrons. The first kappa shape index (κ1) is 10.6. The molecule has 1 aromatic heterocycles. The van der Waals surface area contributed by atoms with Crippen LogP contribution < -0.4 is 5.32 Å². The molecule has 1 saturated carbocycles. The van der Waals surface area contributed by atoms with E-state index in [4.69, 9.17) is 4.52 Å². The fourth-order valence-corrected chi connectivity index (χ4v) is 3.39. The van der Waals surface area contributed by atoms with Gasteiger partial charge in [-0.05, 0) is 25.0 Å². The molecule has 0 amide bonds. The Bertz CT molecular complexity index is 589. The van der Waals surface area contributed by atoms with Gasteiger partial charge in [-0.15, -0.1) is 11.8 Å². The van der Waals surface area contributed by atoms with E-state index < -0.39 is 0 Å². The van der Waals surface area contributed by atoms with Crippen molar-refractivity contribution in [1.29, 1.82) is 0 Å². The van der Waals surface area contributed by atoms with Crippen molar-refractivity contribution in [2.45, 2.75) is 36.1 Å². The van der Waals surface area contributed by atoms with E-state index in [2.05, 4.69) is 34.7 Å². The van der Waals surface area contributed by atoms with Crippen molar-refractivity contribution in [1.82, 2.24) is 10.5 Å². The van der Waals surface area contributed by atoms with Crippen LogP contribution in [0.4, 0.5) is 0 Å². The zero-order chi connectivity index (χ0) is 11.9. The maximum absolute atomic E-state index is 5.56. The molecule has 4 heteroatoms. The molecule has 4 rings (SSSR count). The summed E-state index contributed by atoms with van der Waals surface area (Å²) in [5, 5.41) is 7.75. The quantitative estimate of drug-likeness (QED) is 0.917. The molecule has 1 N–H and O–H groups in total. The second-order valence-electron chi connectivity index (χ2n) is 4.88. The van der Waals surface area contributed by atoms with Gasteiger partial charge in [0.25, 0.3) is 0 Å². The molecule has 0 unspecified atom stereocenters. The Morgan fingerprint density at radius 2 is 2.22 bits per heavy atom. The summed E-state index contributed by atoms with van der Waals surface area (Å²) in [6.45, 7) is 0.840. The number of benzene rings is 1. The summed E-state index contributed by atoms with van der Waals surface area (Å²) >= 11 is 1.87. The van der Waals surface area contributed by atoms with Crippen LogP contribution in [-0.2, 0) is 12.3 Å². The molecular formula is C14H14N2OS. The first-order valence-electron chi connectivity index (χ1n) is 6.35. The minimum absolute atomic E-state index is 0.709. The van der Waals surface area contributed by atoms with Gasteiger partial charge >= 0.3 is 0 Å². The number of fused-ring (bicyclic) bond motifs is 3. The van der Waals surface area contributed by atoms with Crippen molar-refractivity contribution in [2.75, 3.05) is 0 Å². The summed E-state index contributed by atoms with van der Waals surface area (Å²) in [5.41, 5.74) is 3.54. The SMILES string of the molecule is c1ccc2c(c1)SCc1c(CNC3CC3)noc1-2. The molecule has 18 heavy (non-hydrogen) atoms. The van der Waals surface area contributed by atoms with Gasteiger partial charge in [-0.3, -0.25) is 0 Å². The average Bonchev–Trinajstić information content (AvgIpc) is 3.15. The highest BCUT2D eigenvalue weighted by Gasteiger charge is 2.26. The maximum atomic E-state index is 5.56. The minimum Gasteiger partial charge on any atom is -0.356 e. The summed E-state index contributed by atoms with van der Waals surface area (Å²) in [6, 6.07) is 9.10. The second-order valence-corrected chi connectivity index (χ2v) is 5.89. The Morgan fingerprint density at radius 3 is 3.11 bits per heavy atom. The molecule has 0 radical (unpaired) electrons. The number of nitrogens with one attached hydrogen (secondary N) is 1. The topological polar surface area (TPSA) is 38.1 Å². The predicted molar refractivity (Wildman–Crippen MR) is 71.4 cm³/mol. The van der Waals surface area contributed by atoms with Crippen molar-refractivity contribution in [3.63, 3.8) is 0 Å². The van der Waals surface area contributed by atoms with Crippen molar-refractivity contribution < 1.29 is 4.52 Å². The molecular weight excluding hydrogens is 244 g/mol. The van der Waals surface area contributed by atoms with Crippen molar-refractivity contribution >= 4 is 11.8 Å². The predicted octanol–water partition coefficient (Wildman–Crippen LogP) is 3.20. The van der Waals surface area contributed by atoms with E-state index in [1.807, 2.05) is 11.8 Å². The molecule has 1 fully saturated rings. The fourth-order valence-electron chi connectivity index (χ4n) is 2.30. The fraction of sp³-hybridized carbons (Fsp3) is 0.357. The lowest BCUT2D eigenvalue weighted by atomic mass is 10.1. The molecule has 0 atom stereocenters. The van der Waals surface area contributed by atoms with Gasteiger partial charge < -0.3 is 9.84 Å². The highest BCUT2D eigenvalue weighted by molar-refractivity contribution is 7.98. The van der Waals surface area contributed by atoms with Gasteiger partial charge in [0.1, 0.15) is 5.69 Å². The Hall–Kier alpha value is -1.26. The Kier molecular flexibility index (Phi) is 2.45. The number of nitrogens with zero attached hydrogens (tertiary/aromatic N) is 1. The normalized spacial score (nSPS) is 17.3. The zero-order valence-electron chi connectivity index (χ0n) is 9.98. The van der Waals surface area contributed by atoms with E-state index in [1.165, 1.54) is 28.9 Å². The van der Waals surface area contributed by atoms with Crippen LogP contribution in [0.25, 0.3) is 11.3 Å². The third kappa shape index (κ3) is 1.76. The van der Waals surface area contributed by atoms with Crippen molar-refractivity contribution in [2.24, 2.45) is 0 Å². The molecule has 2 aromatic rings. The van der Waals surface area contributed by atoms with E-state index in [-0.39, 0.29) is 0 Å². The van der Waals surface area contributed by atoms with Crippen LogP contribution in [0.2, 0.25) is 0 Å². The first-order chi connectivity index (χ1) is 8.92. The standard InChI is InChI=1S/C14H14N2OS/c1-2-4-13-10(3-1)14-11(8-18-13)12(16-17-14)7-15-9-5-6-9/h1-4,9,15H,5-8H2. The smallest absolute Gasteiger partial charge is 0.172 e. The van der Waals surface area contributed by atoms with E-state index >= 15 is 0 Å². The Balaban J connectivity index is 1.68. The van der Waals surface area contributed by atoms with Gasteiger partial charge in [-0.2, -0.15) is 0 Å². The summed E-state index contributed by atoms with van der Waals surface area (Å²) < 4.78 is 5.56. The van der Waals surface area contributed by atoms with E-state index in [9.17, 15) is 0 Å². The lowest BCUT2D eigenvalue weighted by Crippen LogP contribution is -2.16. The van der Waals surface area contributed by atoms with E-state index in [1.54, 1.807) is 0 Å². The largest absolute Gasteiger partial charge is 0.356 e. The Morgan fingerprint density at radius 1 is 1.33 bits per heavy atom. The summed E-state index contributed by atoms with van der Waals surface area (Å²) in [4.78, 5) is 1.29. The molecule has 2 aliphatic rings. The molecule has 0 bridgehead atoms. The van der Waals surface area contributed by atoms with Crippen LogP contribution in [0.5, 0.6) is 0 Å². The van der Waals surface area contributed by atoms with Gasteiger partial charge in [-0.1, -0.05) is 17.3 Å². The molecule has 3 nitrogen and oxygen atoms in total. The second kappa shape index (κ2) is 4.14. The lowest BCUT2D eigenvalue weighted by molar-refractivity contribution is 0.419. The van der Waals surface area contributed by atoms with Gasteiger partial charge in [0, 0.05) is 34.4 Å². The molecule has 1 aromatic carbocycles. The van der Waals surface area contributed by atoms with Crippen molar-refractivity contribution in [3.8, 4) is 11.3 Å². The van der Waals surface area contributed by atoms with Crippen LogP contribution >= 0.6 is 11.8 Å². The molecule has 0 spiro atoms. The molecule has 1 aliphatic heterocycles. The average molecular weight is 258 g/mol. The number of hydrogen-bond donors (Lipinski definition) is 1. The third-order valence-corrected chi connectivity index (χ3v) is 4.61. The summed E-state index contributed by atoms with van der Waals surface area (Å²) in [7, 11) is 0. The number of hydrogen-bond acceptors (Lipinski definition) is 4. The third-order valence-electron chi connectivity index (χ3n) is 3.51. The minimum atomic E-state index is 0.709. The molecule has 0 saturated heterocycles. The number of thioether (sulfide) groups is 1. The molecule has 2 heterocycles. The van der Waals surface area contributed by atoms with Gasteiger partial charge in [0.05, 0.1) is 0 Å². The van der Waals surface area contributed by atoms with Crippen LogP contribution in [0.3, 0.4) is 0 Å². The lowest BCUT2D eigenvalue weighted by Gasteiger charge is -2.13. The van der Waals surface area contributed by atoms with E-state index in [0.717, 1.165) is 23.8 Å². The maximum Gasteiger partial charge on any atom is 0.172 e. The molecule has 1 aliphatic carbocycles. The van der Waals surface area contributed by atoms with Gasteiger partial charge in [-0.25, -0.2) is 0 Å². The number of aromatic nitrogens is 1. The van der Waals surface area contributed by atoms with Gasteiger partial charge in [0.2, 0.25) is 0 Å². The van der Waals surface area contributed by atoms with Crippen LogP contribution in [0, 0.1) is 0 Å². The van der Waals surface area contributed by atoms with Gasteiger partial charge in [0.15, 0.2) is 5.76 Å².